The van der Waals surface area contributed by atoms with Gasteiger partial charge in [0.15, 0.2) is 0 Å². The maximum Gasteiger partial charge on any atom is 0.0540 e. The van der Waals surface area contributed by atoms with Crippen molar-refractivity contribution in [3.05, 3.63) is 405 Å². The van der Waals surface area contributed by atoms with E-state index >= 15 is 0 Å². The van der Waals surface area contributed by atoms with E-state index in [9.17, 15) is 0 Å². The van der Waals surface area contributed by atoms with E-state index in [1.807, 2.05) is 0 Å². The first-order valence-corrected chi connectivity index (χ1v) is 36.0. The smallest absolute Gasteiger partial charge is 0.0540 e. The quantitative estimate of drug-likeness (QED) is 0.100. The number of para-hydroxylation sites is 4. The summed E-state index contributed by atoms with van der Waals surface area (Å²) in [6.45, 7) is 4.76. The monoisotopic (exact) mass is 1330 g/mol. The lowest BCUT2D eigenvalue weighted by molar-refractivity contribution is 0.660. The first-order chi connectivity index (χ1) is 51.4. The van der Waals surface area contributed by atoms with Crippen LogP contribution >= 0.6 is 0 Å². The van der Waals surface area contributed by atoms with E-state index in [4.69, 9.17) is 0 Å². The summed E-state index contributed by atoms with van der Waals surface area (Å²) in [6, 6.07) is 146. The highest BCUT2D eigenvalue weighted by Gasteiger charge is 2.35. The molecule has 1 aliphatic carbocycles. The number of benzene rings is 18. The third kappa shape index (κ3) is 10.7. The molecule has 0 unspecified atom stereocenters. The van der Waals surface area contributed by atoms with Gasteiger partial charge in [0.1, 0.15) is 0 Å². The van der Waals surface area contributed by atoms with Gasteiger partial charge in [0.05, 0.1) is 11.4 Å². The van der Waals surface area contributed by atoms with Crippen LogP contribution in [0.15, 0.2) is 394 Å². The lowest BCUT2D eigenvalue weighted by atomic mass is 9.80. The van der Waals surface area contributed by atoms with Crippen molar-refractivity contribution in [2.75, 3.05) is 14.7 Å². The van der Waals surface area contributed by atoms with Gasteiger partial charge < -0.3 is 14.7 Å². The zero-order chi connectivity index (χ0) is 69.2. The van der Waals surface area contributed by atoms with Crippen molar-refractivity contribution in [2.24, 2.45) is 0 Å². The van der Waals surface area contributed by atoms with Crippen LogP contribution in [0.3, 0.4) is 0 Å². The van der Waals surface area contributed by atoms with Gasteiger partial charge in [0.25, 0.3) is 0 Å². The average molecular weight is 1330 g/mol. The predicted octanol–water partition coefficient (Wildman–Crippen LogP) is 28.5. The minimum Gasteiger partial charge on any atom is -0.311 e. The second-order valence-corrected chi connectivity index (χ2v) is 27.9. The molecule has 3 nitrogen and oxygen atoms in total. The Kier molecular flexibility index (Phi) is 15.2. The largest absolute Gasteiger partial charge is 0.311 e. The van der Waals surface area contributed by atoms with Gasteiger partial charge >= 0.3 is 0 Å². The standard InChI is InChI=1S/C101H71N3/c1-101(2)94-43-23-22-42-86(94)87-61-52-76(66-95(87)101)75-54-63-89-93(65-75)92-64-74(68-46-55-81(56-47-68)102(77-32-10-4-11-33-77)78-34-12-5-13-35-78)53-62-88(92)99-91(72-48-57-82(58-49-72)103(79-36-14-6-15-37-79)96-44-24-30-69-28-18-20-40-84(69)96)67-90(71-26-8-3-9-27-71)98(100(89)99)73-50-59-83(60-51-73)104(80-38-16-7-17-39-80)97-45-25-31-70-29-19-21-41-85(70)97/h3-67H,1-2H3. The van der Waals surface area contributed by atoms with Crippen LogP contribution in [-0.2, 0) is 5.41 Å². The Bertz CT molecular complexity index is 6220. The first kappa shape index (κ1) is 61.7. The molecule has 0 atom stereocenters. The molecule has 0 N–H and O–H groups in total. The number of fused-ring (bicyclic) bond motifs is 11. The molecule has 104 heavy (non-hydrogen) atoms. The highest BCUT2D eigenvalue weighted by molar-refractivity contribution is 6.33. The Morgan fingerprint density at radius 3 is 1.10 bits per heavy atom. The zero-order valence-corrected chi connectivity index (χ0v) is 57.9. The molecular formula is C101H71N3. The summed E-state index contributed by atoms with van der Waals surface area (Å²) >= 11 is 0. The van der Waals surface area contributed by atoms with E-state index in [-0.39, 0.29) is 5.41 Å². The van der Waals surface area contributed by atoms with E-state index in [2.05, 4.69) is 423 Å². The summed E-state index contributed by atoms with van der Waals surface area (Å²) in [4.78, 5) is 7.15. The molecule has 0 bridgehead atoms. The third-order valence-corrected chi connectivity index (χ3v) is 21.6. The van der Waals surface area contributed by atoms with Crippen molar-refractivity contribution < 1.29 is 0 Å². The molecule has 0 radical (unpaired) electrons. The average Bonchev–Trinajstić information content (AvgIpc) is 0.789. The molecule has 19 rings (SSSR count). The summed E-state index contributed by atoms with van der Waals surface area (Å²) in [7, 11) is 0. The Labute approximate surface area is 607 Å². The highest BCUT2D eigenvalue weighted by Crippen LogP contribution is 2.54. The van der Waals surface area contributed by atoms with Gasteiger partial charge in [-0.2, -0.15) is 0 Å². The fourth-order valence-electron chi connectivity index (χ4n) is 16.6. The maximum atomic E-state index is 2.50. The molecule has 1 aliphatic rings. The molecule has 18 aromatic rings. The molecule has 0 aromatic heterocycles. The molecule has 0 fully saturated rings. The Hall–Kier alpha value is -13.3. The molecule has 3 heteroatoms. The van der Waals surface area contributed by atoms with Crippen LogP contribution in [0.4, 0.5) is 51.2 Å². The third-order valence-electron chi connectivity index (χ3n) is 21.6. The maximum absolute atomic E-state index is 2.50. The molecule has 0 spiro atoms. The lowest BCUT2D eigenvalue weighted by Crippen LogP contribution is -2.14. The fraction of sp³-hybridized carbons (Fsp3) is 0.0297. The number of hydrogen-bond donors (Lipinski definition) is 0. The Balaban J connectivity index is 0.874. The molecule has 0 heterocycles. The van der Waals surface area contributed by atoms with E-state index in [0.29, 0.717) is 0 Å². The van der Waals surface area contributed by atoms with Crippen LogP contribution in [-0.4, -0.2) is 0 Å². The molecule has 0 saturated carbocycles. The van der Waals surface area contributed by atoms with Gasteiger partial charge in [-0.05, 0) is 242 Å². The van der Waals surface area contributed by atoms with Crippen molar-refractivity contribution in [2.45, 2.75) is 19.3 Å². The first-order valence-electron chi connectivity index (χ1n) is 36.0. The van der Waals surface area contributed by atoms with Crippen LogP contribution in [0.5, 0.6) is 0 Å². The lowest BCUT2D eigenvalue weighted by Gasteiger charge is -2.28. The molecule has 0 amide bonds. The van der Waals surface area contributed by atoms with Gasteiger partial charge in [-0.1, -0.05) is 287 Å². The van der Waals surface area contributed by atoms with Gasteiger partial charge in [0, 0.05) is 56.0 Å². The molecule has 18 aromatic carbocycles. The van der Waals surface area contributed by atoms with Crippen LogP contribution < -0.4 is 14.7 Å². The van der Waals surface area contributed by atoms with Gasteiger partial charge in [-0.25, -0.2) is 0 Å². The second-order valence-electron chi connectivity index (χ2n) is 27.9. The van der Waals surface area contributed by atoms with Crippen molar-refractivity contribution in [1.29, 1.82) is 0 Å². The van der Waals surface area contributed by atoms with E-state index < -0.39 is 0 Å². The van der Waals surface area contributed by atoms with E-state index in [1.54, 1.807) is 0 Å². The van der Waals surface area contributed by atoms with Crippen molar-refractivity contribution >= 4 is 105 Å². The van der Waals surface area contributed by atoms with Crippen molar-refractivity contribution in [3.8, 4) is 66.8 Å². The van der Waals surface area contributed by atoms with Gasteiger partial charge in [-0.3, -0.25) is 0 Å². The van der Waals surface area contributed by atoms with Crippen molar-refractivity contribution in [3.63, 3.8) is 0 Å². The summed E-state index contributed by atoms with van der Waals surface area (Å²) in [5, 5.41) is 11.9. The van der Waals surface area contributed by atoms with Gasteiger partial charge in [-0.15, -0.1) is 0 Å². The van der Waals surface area contributed by atoms with Crippen LogP contribution in [0.2, 0.25) is 0 Å². The zero-order valence-electron chi connectivity index (χ0n) is 57.9. The van der Waals surface area contributed by atoms with E-state index in [0.717, 1.165) is 90.1 Å². The number of rotatable bonds is 14. The minimum atomic E-state index is -0.166. The SMILES string of the molecule is CC1(C)c2ccccc2-c2ccc(-c3ccc4c(c3)c3cc(-c5ccc(N(c6ccccc6)c6ccccc6)cc5)ccc3c3c(-c5ccc(N(c6ccccc6)c6cccc7ccccc67)cc5)cc(-c5ccccc5)c(-c5ccc(N(c6ccccc6)c6cccc7ccccc67)cc5)c43)cc21. The van der Waals surface area contributed by atoms with E-state index in [1.165, 1.54) is 92.8 Å². The van der Waals surface area contributed by atoms with Crippen LogP contribution in [0.1, 0.15) is 25.0 Å². The molecule has 0 aliphatic heterocycles. The second kappa shape index (κ2) is 25.7. The molecular weight excluding hydrogens is 1260 g/mol. The van der Waals surface area contributed by atoms with Crippen LogP contribution in [0.25, 0.3) is 121 Å². The summed E-state index contributed by atoms with van der Waals surface area (Å²) < 4.78 is 0. The van der Waals surface area contributed by atoms with Gasteiger partial charge in [0.2, 0.25) is 0 Å². The highest BCUT2D eigenvalue weighted by atomic mass is 15.2. The van der Waals surface area contributed by atoms with Crippen LogP contribution in [0, 0.1) is 0 Å². The summed E-state index contributed by atoms with van der Waals surface area (Å²) in [5.74, 6) is 0. The number of nitrogens with zero attached hydrogens (tertiary/aromatic N) is 3. The Morgan fingerprint density at radius 1 is 0.192 bits per heavy atom. The number of anilines is 9. The Morgan fingerprint density at radius 2 is 0.558 bits per heavy atom. The predicted molar refractivity (Wildman–Crippen MR) is 443 cm³/mol. The molecule has 0 saturated heterocycles. The molecule has 490 valence electrons. The normalized spacial score (nSPS) is 12.2. The summed E-state index contributed by atoms with van der Waals surface area (Å²) in [5.41, 5.74) is 26.6. The minimum absolute atomic E-state index is 0.166. The summed E-state index contributed by atoms with van der Waals surface area (Å²) in [6.07, 6.45) is 0. The topological polar surface area (TPSA) is 9.72 Å². The number of hydrogen-bond acceptors (Lipinski definition) is 3. The fourth-order valence-corrected chi connectivity index (χ4v) is 16.6. The van der Waals surface area contributed by atoms with Crippen molar-refractivity contribution in [1.82, 2.24) is 0 Å².